The Balaban J connectivity index is 1.64. The number of hydrogen-bond acceptors (Lipinski definition) is 4. The minimum atomic E-state index is -0.948. The third-order valence-electron chi connectivity index (χ3n) is 6.36. The van der Waals surface area contributed by atoms with Crippen LogP contribution in [0, 0.1) is 17.3 Å². The summed E-state index contributed by atoms with van der Waals surface area (Å²) >= 11 is 0. The molecule has 3 rings (SSSR count). The molecule has 7 nitrogen and oxygen atoms in total. The third-order valence-corrected chi connectivity index (χ3v) is 6.36. The lowest BCUT2D eigenvalue weighted by Crippen LogP contribution is -2.54. The van der Waals surface area contributed by atoms with Crippen molar-refractivity contribution in [3.8, 4) is 11.1 Å². The van der Waals surface area contributed by atoms with Gasteiger partial charge >= 0.3 is 12.1 Å². The van der Waals surface area contributed by atoms with Crippen LogP contribution in [0.3, 0.4) is 0 Å². The summed E-state index contributed by atoms with van der Waals surface area (Å²) < 4.78 is 5.61. The van der Waals surface area contributed by atoms with Gasteiger partial charge in [0.15, 0.2) is 0 Å². The van der Waals surface area contributed by atoms with Gasteiger partial charge in [0.2, 0.25) is 5.91 Å². The zero-order valence-electron chi connectivity index (χ0n) is 21.1. The van der Waals surface area contributed by atoms with E-state index >= 15 is 0 Å². The number of carboxylic acids is 1. The van der Waals surface area contributed by atoms with E-state index in [1.807, 2.05) is 71.0 Å². The normalized spacial score (nSPS) is 14.6. The second-order valence-electron chi connectivity index (χ2n) is 10.7. The number of fused-ring (bicyclic) bond motifs is 3. The van der Waals surface area contributed by atoms with Crippen LogP contribution in [0.2, 0.25) is 0 Å². The summed E-state index contributed by atoms with van der Waals surface area (Å²) in [6.07, 6.45) is -0.228. The fraction of sp³-hybridized carbons (Fsp3) is 0.464. The number of amides is 2. The van der Waals surface area contributed by atoms with Crippen LogP contribution in [-0.4, -0.2) is 42.3 Å². The summed E-state index contributed by atoms with van der Waals surface area (Å²) in [5, 5.41) is 14.9. The average Bonchev–Trinajstić information content (AvgIpc) is 3.11. The summed E-state index contributed by atoms with van der Waals surface area (Å²) in [4.78, 5) is 37.3. The zero-order valence-corrected chi connectivity index (χ0v) is 21.1. The highest BCUT2D eigenvalue weighted by atomic mass is 16.5. The molecule has 0 bridgehead atoms. The summed E-state index contributed by atoms with van der Waals surface area (Å²) in [5.41, 5.74) is 3.89. The molecular formula is C28H36N2O5. The quantitative estimate of drug-likeness (QED) is 0.478. The molecule has 7 heteroatoms. The smallest absolute Gasteiger partial charge is 0.407 e. The second-order valence-corrected chi connectivity index (χ2v) is 10.7. The molecule has 1 aliphatic carbocycles. The molecule has 0 radical (unpaired) electrons. The van der Waals surface area contributed by atoms with Crippen LogP contribution < -0.4 is 10.6 Å². The van der Waals surface area contributed by atoms with Gasteiger partial charge in [0, 0.05) is 12.5 Å². The summed E-state index contributed by atoms with van der Waals surface area (Å²) in [7, 11) is 0. The fourth-order valence-electron chi connectivity index (χ4n) is 4.60. The Morgan fingerprint density at radius 1 is 0.971 bits per heavy atom. The third kappa shape index (κ3) is 6.41. The highest BCUT2D eigenvalue weighted by Crippen LogP contribution is 2.44. The van der Waals surface area contributed by atoms with Crippen LogP contribution in [0.25, 0.3) is 11.1 Å². The van der Waals surface area contributed by atoms with E-state index in [-0.39, 0.29) is 25.0 Å². The number of ether oxygens (including phenoxy) is 1. The molecule has 35 heavy (non-hydrogen) atoms. The molecule has 0 saturated carbocycles. The molecular weight excluding hydrogens is 444 g/mol. The minimum Gasteiger partial charge on any atom is -0.481 e. The first kappa shape index (κ1) is 26.3. The summed E-state index contributed by atoms with van der Waals surface area (Å²) in [6, 6.07) is 15.3. The highest BCUT2D eigenvalue weighted by Gasteiger charge is 2.35. The van der Waals surface area contributed by atoms with E-state index in [0.717, 1.165) is 22.3 Å². The Morgan fingerprint density at radius 3 is 2.00 bits per heavy atom. The molecule has 2 aromatic carbocycles. The molecule has 0 aromatic heterocycles. The number of hydrogen-bond donors (Lipinski definition) is 3. The standard InChI is InChI=1S/C28H36N2O5/c1-17(2)14-18(26(32)33)15-29-25(31)24(28(3,4)5)30-27(34)35-16-23-21-12-8-6-10-19(21)20-11-7-9-13-22(20)23/h6-13,17-18,23-24H,14-16H2,1-5H3,(H,29,31)(H,30,34)(H,32,33). The number of alkyl carbamates (subject to hydrolysis) is 1. The lowest BCUT2D eigenvalue weighted by molar-refractivity contribution is -0.142. The van der Waals surface area contributed by atoms with Gasteiger partial charge in [0.05, 0.1) is 5.92 Å². The van der Waals surface area contributed by atoms with Gasteiger partial charge in [0.1, 0.15) is 12.6 Å². The Bertz CT molecular complexity index is 1030. The molecule has 0 fully saturated rings. The Morgan fingerprint density at radius 2 is 1.51 bits per heavy atom. The number of carbonyl (C=O) groups is 3. The Hall–Kier alpha value is -3.35. The second kappa shape index (κ2) is 10.9. The maximum Gasteiger partial charge on any atom is 0.407 e. The maximum atomic E-state index is 13.0. The Labute approximate surface area is 207 Å². The lowest BCUT2D eigenvalue weighted by Gasteiger charge is -2.30. The molecule has 0 aliphatic heterocycles. The van der Waals surface area contributed by atoms with Crippen LogP contribution in [-0.2, 0) is 14.3 Å². The van der Waals surface area contributed by atoms with Crippen molar-refractivity contribution in [2.45, 2.75) is 53.0 Å². The predicted octanol–water partition coefficient (Wildman–Crippen LogP) is 4.80. The molecule has 1 aliphatic rings. The zero-order chi connectivity index (χ0) is 25.8. The Kier molecular flexibility index (Phi) is 8.20. The van der Waals surface area contributed by atoms with Gasteiger partial charge in [0.25, 0.3) is 0 Å². The van der Waals surface area contributed by atoms with Gasteiger partial charge in [-0.2, -0.15) is 0 Å². The van der Waals surface area contributed by atoms with Crippen LogP contribution in [0.15, 0.2) is 48.5 Å². The topological polar surface area (TPSA) is 105 Å². The number of nitrogens with one attached hydrogen (secondary N) is 2. The van der Waals surface area contributed by atoms with Crippen LogP contribution in [0.1, 0.15) is 58.1 Å². The van der Waals surface area contributed by atoms with Crippen molar-refractivity contribution in [1.29, 1.82) is 0 Å². The molecule has 0 saturated heterocycles. The van der Waals surface area contributed by atoms with Gasteiger partial charge in [-0.15, -0.1) is 0 Å². The minimum absolute atomic E-state index is 0.00525. The van der Waals surface area contributed by atoms with Crippen molar-refractivity contribution in [3.63, 3.8) is 0 Å². The van der Waals surface area contributed by atoms with E-state index in [1.54, 1.807) is 0 Å². The van der Waals surface area contributed by atoms with E-state index in [9.17, 15) is 19.5 Å². The SMILES string of the molecule is CC(C)CC(CNC(=O)C(NC(=O)OCC1c2ccccc2-c2ccccc21)C(C)(C)C)C(=O)O. The number of aliphatic carboxylic acids is 1. The number of benzene rings is 2. The van der Waals surface area contributed by atoms with E-state index in [0.29, 0.717) is 6.42 Å². The molecule has 2 unspecified atom stereocenters. The largest absolute Gasteiger partial charge is 0.481 e. The number of rotatable bonds is 9. The first-order valence-electron chi connectivity index (χ1n) is 12.1. The van der Waals surface area contributed by atoms with Crippen LogP contribution >= 0.6 is 0 Å². The van der Waals surface area contributed by atoms with Gasteiger partial charge in [-0.1, -0.05) is 83.1 Å². The van der Waals surface area contributed by atoms with Crippen molar-refractivity contribution in [2.75, 3.05) is 13.2 Å². The fourth-order valence-corrected chi connectivity index (χ4v) is 4.60. The number of carbonyl (C=O) groups excluding carboxylic acids is 2. The van der Waals surface area contributed by atoms with Crippen molar-refractivity contribution >= 4 is 18.0 Å². The summed E-state index contributed by atoms with van der Waals surface area (Å²) in [5.74, 6) is -1.96. The molecule has 188 valence electrons. The van der Waals surface area contributed by atoms with E-state index < -0.39 is 35.3 Å². The molecule has 0 heterocycles. The van der Waals surface area contributed by atoms with Crippen LogP contribution in [0.4, 0.5) is 4.79 Å². The van der Waals surface area contributed by atoms with E-state index in [2.05, 4.69) is 22.8 Å². The first-order valence-corrected chi connectivity index (χ1v) is 12.1. The molecule has 2 atom stereocenters. The van der Waals surface area contributed by atoms with Crippen molar-refractivity contribution in [3.05, 3.63) is 59.7 Å². The first-order chi connectivity index (χ1) is 16.5. The van der Waals surface area contributed by atoms with E-state index in [1.165, 1.54) is 0 Å². The molecule has 3 N–H and O–H groups in total. The van der Waals surface area contributed by atoms with Gasteiger partial charge in [-0.25, -0.2) is 4.79 Å². The number of carboxylic acid groups (broad SMARTS) is 1. The summed E-state index contributed by atoms with van der Waals surface area (Å²) in [6.45, 7) is 9.54. The monoisotopic (exact) mass is 480 g/mol. The molecule has 0 spiro atoms. The molecule has 2 amide bonds. The van der Waals surface area contributed by atoms with E-state index in [4.69, 9.17) is 4.74 Å². The van der Waals surface area contributed by atoms with Gasteiger partial charge in [-0.3, -0.25) is 9.59 Å². The maximum absolute atomic E-state index is 13.0. The lowest BCUT2D eigenvalue weighted by atomic mass is 9.86. The highest BCUT2D eigenvalue weighted by molar-refractivity contribution is 5.87. The van der Waals surface area contributed by atoms with Crippen molar-refractivity contribution in [2.24, 2.45) is 17.3 Å². The van der Waals surface area contributed by atoms with Gasteiger partial charge in [-0.05, 0) is 40.0 Å². The van der Waals surface area contributed by atoms with Crippen molar-refractivity contribution < 1.29 is 24.2 Å². The van der Waals surface area contributed by atoms with Crippen molar-refractivity contribution in [1.82, 2.24) is 10.6 Å². The average molecular weight is 481 g/mol. The predicted molar refractivity (Wildman–Crippen MR) is 135 cm³/mol. The van der Waals surface area contributed by atoms with Crippen LogP contribution in [0.5, 0.6) is 0 Å². The molecule has 2 aromatic rings. The van der Waals surface area contributed by atoms with Gasteiger partial charge < -0.3 is 20.5 Å².